The highest BCUT2D eigenvalue weighted by molar-refractivity contribution is 7.12. The van der Waals surface area contributed by atoms with Crippen LogP contribution in [0.3, 0.4) is 0 Å². The normalized spacial score (nSPS) is 13.0. The van der Waals surface area contributed by atoms with Crippen molar-refractivity contribution in [1.82, 2.24) is 14.5 Å². The molecule has 1 atom stereocenters. The number of thiophene rings is 1. The summed E-state index contributed by atoms with van der Waals surface area (Å²) in [5.41, 5.74) is 4.33. The molecule has 0 N–H and O–H groups in total. The number of pyridine rings is 1. The maximum atomic E-state index is 6.12. The van der Waals surface area contributed by atoms with Crippen molar-refractivity contribution < 1.29 is 0 Å². The molecule has 0 fully saturated rings. The van der Waals surface area contributed by atoms with Gasteiger partial charge in [-0.15, -0.1) is 22.9 Å². The van der Waals surface area contributed by atoms with E-state index in [1.807, 2.05) is 23.6 Å². The van der Waals surface area contributed by atoms with Gasteiger partial charge in [0.2, 0.25) is 0 Å². The van der Waals surface area contributed by atoms with Gasteiger partial charge in [-0.1, -0.05) is 0 Å². The van der Waals surface area contributed by atoms with Gasteiger partial charge in [0.25, 0.3) is 0 Å². The maximum absolute atomic E-state index is 6.12. The summed E-state index contributed by atoms with van der Waals surface area (Å²) >= 11 is 7.95. The van der Waals surface area contributed by atoms with Crippen molar-refractivity contribution >= 4 is 34.1 Å². The average molecular weight is 320 g/mol. The van der Waals surface area contributed by atoms with Crippen molar-refractivity contribution in [1.29, 1.82) is 0 Å². The van der Waals surface area contributed by atoms with Gasteiger partial charge in [0, 0.05) is 16.0 Å². The number of hydrogen-bond acceptors (Lipinski definition) is 3. The number of rotatable bonds is 3. The van der Waals surface area contributed by atoms with Crippen LogP contribution in [0.25, 0.3) is 11.2 Å². The van der Waals surface area contributed by atoms with Crippen LogP contribution in [0.1, 0.15) is 39.7 Å². The van der Waals surface area contributed by atoms with E-state index < -0.39 is 0 Å². The Labute approximate surface area is 133 Å². The van der Waals surface area contributed by atoms with Crippen molar-refractivity contribution in [3.8, 4) is 0 Å². The lowest BCUT2D eigenvalue weighted by Gasteiger charge is -2.16. The van der Waals surface area contributed by atoms with Crippen LogP contribution >= 0.6 is 22.9 Å². The number of fused-ring (bicyclic) bond motifs is 1. The van der Waals surface area contributed by atoms with Crippen LogP contribution in [-0.2, 0) is 5.88 Å². The Balaban J connectivity index is 2.23. The predicted molar refractivity (Wildman–Crippen MR) is 89.4 cm³/mol. The van der Waals surface area contributed by atoms with Crippen LogP contribution in [0.4, 0.5) is 0 Å². The molecule has 0 radical (unpaired) electrons. The summed E-state index contributed by atoms with van der Waals surface area (Å²) in [5.74, 6) is 1.27. The monoisotopic (exact) mass is 319 g/mol. The number of nitrogens with zero attached hydrogens (tertiary/aromatic N) is 3. The summed E-state index contributed by atoms with van der Waals surface area (Å²) in [6, 6.07) is 4.43. The Morgan fingerprint density at radius 1 is 1.33 bits per heavy atom. The van der Waals surface area contributed by atoms with Crippen LogP contribution < -0.4 is 0 Å². The van der Waals surface area contributed by atoms with Crippen LogP contribution in [0, 0.1) is 20.8 Å². The second-order valence-electron chi connectivity index (χ2n) is 5.38. The van der Waals surface area contributed by atoms with E-state index in [0.29, 0.717) is 5.88 Å². The first-order chi connectivity index (χ1) is 10.0. The quantitative estimate of drug-likeness (QED) is 0.651. The number of imidazole rings is 1. The van der Waals surface area contributed by atoms with Crippen molar-refractivity contribution in [2.75, 3.05) is 0 Å². The summed E-state index contributed by atoms with van der Waals surface area (Å²) in [5, 5.41) is 0. The van der Waals surface area contributed by atoms with Gasteiger partial charge in [0.1, 0.15) is 11.3 Å². The van der Waals surface area contributed by atoms with Gasteiger partial charge in [0.05, 0.1) is 11.9 Å². The van der Waals surface area contributed by atoms with Crippen LogP contribution in [0.15, 0.2) is 18.3 Å². The van der Waals surface area contributed by atoms with E-state index in [4.69, 9.17) is 11.6 Å². The Bertz CT molecular complexity index is 803. The molecule has 21 heavy (non-hydrogen) atoms. The molecule has 3 aromatic rings. The van der Waals surface area contributed by atoms with Crippen molar-refractivity contribution in [3.05, 3.63) is 45.0 Å². The Morgan fingerprint density at radius 3 is 2.71 bits per heavy atom. The van der Waals surface area contributed by atoms with Crippen molar-refractivity contribution in [3.63, 3.8) is 0 Å². The van der Waals surface area contributed by atoms with E-state index in [1.54, 1.807) is 0 Å². The molecule has 0 amide bonds. The molecule has 0 spiro atoms. The molecule has 3 aromatic heterocycles. The molecule has 110 valence electrons. The van der Waals surface area contributed by atoms with E-state index >= 15 is 0 Å². The minimum Gasteiger partial charge on any atom is -0.304 e. The lowest BCUT2D eigenvalue weighted by molar-refractivity contribution is 0.628. The molecule has 3 rings (SSSR count). The fourth-order valence-corrected chi connectivity index (χ4v) is 4.07. The molecule has 0 aliphatic rings. The van der Waals surface area contributed by atoms with Gasteiger partial charge < -0.3 is 4.57 Å². The molecule has 0 saturated carbocycles. The van der Waals surface area contributed by atoms with Gasteiger partial charge >= 0.3 is 0 Å². The summed E-state index contributed by atoms with van der Waals surface area (Å²) in [6.07, 6.45) is 1.84. The largest absolute Gasteiger partial charge is 0.304 e. The average Bonchev–Trinajstić information content (AvgIpc) is 2.99. The molecular weight excluding hydrogens is 302 g/mol. The molecule has 1 unspecified atom stereocenters. The number of aromatic nitrogens is 3. The first kappa shape index (κ1) is 14.5. The van der Waals surface area contributed by atoms with Crippen LogP contribution in [-0.4, -0.2) is 14.5 Å². The van der Waals surface area contributed by atoms with Gasteiger partial charge in [-0.2, -0.15) is 0 Å². The van der Waals surface area contributed by atoms with Gasteiger partial charge in [-0.05, 0) is 51.0 Å². The first-order valence-electron chi connectivity index (χ1n) is 6.98. The molecule has 3 nitrogen and oxygen atoms in total. The number of aryl methyl sites for hydroxylation is 3. The van der Waals surface area contributed by atoms with E-state index in [0.717, 1.165) is 22.6 Å². The topological polar surface area (TPSA) is 30.7 Å². The van der Waals surface area contributed by atoms with Gasteiger partial charge in [-0.3, -0.25) is 0 Å². The van der Waals surface area contributed by atoms with Crippen molar-refractivity contribution in [2.45, 2.75) is 39.6 Å². The minimum atomic E-state index is 0.183. The minimum absolute atomic E-state index is 0.183. The fourth-order valence-electron chi connectivity index (χ4n) is 2.86. The molecule has 0 aliphatic heterocycles. The lowest BCUT2D eigenvalue weighted by atomic mass is 10.1. The summed E-state index contributed by atoms with van der Waals surface area (Å²) in [4.78, 5) is 11.9. The second-order valence-corrected chi connectivity index (χ2v) is 7.10. The zero-order chi connectivity index (χ0) is 15.1. The zero-order valence-electron chi connectivity index (χ0n) is 12.6. The Hall–Kier alpha value is -1.39. The van der Waals surface area contributed by atoms with E-state index in [2.05, 4.69) is 48.3 Å². The zero-order valence-corrected chi connectivity index (χ0v) is 14.2. The SMILES string of the molecule is Cc1cc(C(C)n2c(CCl)nc3c(C)ccnc32)c(C)s1. The molecular formula is C16H18ClN3S. The molecule has 0 aliphatic carbocycles. The van der Waals surface area contributed by atoms with E-state index in [1.165, 1.54) is 15.3 Å². The van der Waals surface area contributed by atoms with E-state index in [9.17, 15) is 0 Å². The molecule has 0 bridgehead atoms. The number of halogens is 1. The maximum Gasteiger partial charge on any atom is 0.160 e. The van der Waals surface area contributed by atoms with Crippen LogP contribution in [0.2, 0.25) is 0 Å². The predicted octanol–water partition coefficient (Wildman–Crippen LogP) is 4.77. The van der Waals surface area contributed by atoms with Crippen LogP contribution in [0.5, 0.6) is 0 Å². The van der Waals surface area contributed by atoms with E-state index in [-0.39, 0.29) is 6.04 Å². The summed E-state index contributed by atoms with van der Waals surface area (Å²) < 4.78 is 2.17. The highest BCUT2D eigenvalue weighted by Crippen LogP contribution is 2.32. The molecule has 0 saturated heterocycles. The Morgan fingerprint density at radius 2 is 2.10 bits per heavy atom. The standard InChI is InChI=1S/C16H18ClN3S/c1-9-5-6-18-16-15(9)19-14(8-17)20(16)11(3)13-7-10(2)21-12(13)4/h5-7,11H,8H2,1-4H3. The molecule has 0 aromatic carbocycles. The first-order valence-corrected chi connectivity index (χ1v) is 8.33. The fraction of sp³-hybridized carbons (Fsp3) is 0.375. The van der Waals surface area contributed by atoms with Gasteiger partial charge in [0.15, 0.2) is 5.65 Å². The highest BCUT2D eigenvalue weighted by Gasteiger charge is 2.20. The highest BCUT2D eigenvalue weighted by atomic mass is 35.5. The summed E-state index contributed by atoms with van der Waals surface area (Å²) in [7, 11) is 0. The molecule has 5 heteroatoms. The third-order valence-electron chi connectivity index (χ3n) is 3.89. The number of alkyl halides is 1. The smallest absolute Gasteiger partial charge is 0.160 e. The summed E-state index contributed by atoms with van der Waals surface area (Å²) in [6.45, 7) is 8.56. The molecule has 3 heterocycles. The van der Waals surface area contributed by atoms with Gasteiger partial charge in [-0.25, -0.2) is 9.97 Å². The lowest BCUT2D eigenvalue weighted by Crippen LogP contribution is -2.10. The Kier molecular flexibility index (Phi) is 3.76. The second kappa shape index (κ2) is 5.43. The third kappa shape index (κ3) is 2.36. The number of hydrogen-bond donors (Lipinski definition) is 0. The van der Waals surface area contributed by atoms with Crippen molar-refractivity contribution in [2.24, 2.45) is 0 Å². The third-order valence-corrected chi connectivity index (χ3v) is 5.11.